The van der Waals surface area contributed by atoms with Gasteiger partial charge in [0.1, 0.15) is 10.8 Å². The van der Waals surface area contributed by atoms with Crippen molar-refractivity contribution >= 4 is 17.5 Å². The Labute approximate surface area is 112 Å². The van der Waals surface area contributed by atoms with E-state index < -0.39 is 0 Å². The monoisotopic (exact) mass is 267 g/mol. The van der Waals surface area contributed by atoms with Gasteiger partial charge in [0.15, 0.2) is 0 Å². The van der Waals surface area contributed by atoms with Gasteiger partial charge in [0.2, 0.25) is 0 Å². The largest absolute Gasteiger partial charge is 0.348 e. The van der Waals surface area contributed by atoms with E-state index in [1.807, 2.05) is 0 Å². The predicted octanol–water partition coefficient (Wildman–Crippen LogP) is 2.83. The molecule has 0 spiro atoms. The Hall–Kier alpha value is -1.16. The Kier molecular flexibility index (Phi) is 3.85. The van der Waals surface area contributed by atoms with Crippen molar-refractivity contribution < 1.29 is 4.79 Å². The van der Waals surface area contributed by atoms with Crippen molar-refractivity contribution in [3.63, 3.8) is 0 Å². The van der Waals surface area contributed by atoms with Crippen molar-refractivity contribution in [3.05, 3.63) is 23.2 Å². The maximum Gasteiger partial charge on any atom is 0.271 e. The molecule has 1 aliphatic rings. The smallest absolute Gasteiger partial charge is 0.271 e. The maximum atomic E-state index is 12.0. The van der Waals surface area contributed by atoms with E-state index in [0.717, 1.165) is 19.3 Å². The fourth-order valence-corrected chi connectivity index (χ4v) is 2.61. The maximum absolute atomic E-state index is 12.0. The van der Waals surface area contributed by atoms with Crippen LogP contribution in [-0.4, -0.2) is 21.9 Å². The lowest BCUT2D eigenvalue weighted by molar-refractivity contribution is 0.0897. The summed E-state index contributed by atoms with van der Waals surface area (Å²) in [6, 6.07) is 0.235. The molecule has 18 heavy (non-hydrogen) atoms. The lowest BCUT2D eigenvalue weighted by Crippen LogP contribution is -2.40. The van der Waals surface area contributed by atoms with E-state index in [0.29, 0.717) is 16.3 Å². The highest BCUT2D eigenvalue weighted by Crippen LogP contribution is 2.35. The number of hydrogen-bond donors (Lipinski definition) is 1. The number of amides is 1. The molecule has 1 amide bonds. The van der Waals surface area contributed by atoms with Gasteiger partial charge in [-0.05, 0) is 24.7 Å². The van der Waals surface area contributed by atoms with Gasteiger partial charge in [0, 0.05) is 6.04 Å². The first-order valence-electron chi connectivity index (χ1n) is 6.25. The van der Waals surface area contributed by atoms with Gasteiger partial charge in [0.05, 0.1) is 12.4 Å². The van der Waals surface area contributed by atoms with E-state index in [9.17, 15) is 4.79 Å². The highest BCUT2D eigenvalue weighted by atomic mass is 35.5. The first kappa shape index (κ1) is 13.3. The molecule has 1 N–H and O–H groups in total. The van der Waals surface area contributed by atoms with Crippen molar-refractivity contribution in [2.75, 3.05) is 0 Å². The van der Waals surface area contributed by atoms with E-state index in [-0.39, 0.29) is 11.9 Å². The number of carbonyl (C=O) groups excluding carboxylic acids is 1. The number of nitrogens with zero attached hydrogens (tertiary/aromatic N) is 2. The molecular weight excluding hydrogens is 250 g/mol. The van der Waals surface area contributed by atoms with Crippen molar-refractivity contribution in [3.8, 4) is 0 Å². The third-order valence-corrected chi connectivity index (χ3v) is 3.59. The Balaban J connectivity index is 1.97. The fraction of sp³-hybridized carbons (Fsp3) is 0.615. The van der Waals surface area contributed by atoms with Gasteiger partial charge in [0.25, 0.3) is 5.91 Å². The van der Waals surface area contributed by atoms with Gasteiger partial charge < -0.3 is 5.32 Å². The van der Waals surface area contributed by atoms with Gasteiger partial charge in [-0.3, -0.25) is 4.79 Å². The highest BCUT2D eigenvalue weighted by Gasteiger charge is 2.29. The number of hydrogen-bond acceptors (Lipinski definition) is 3. The van der Waals surface area contributed by atoms with E-state index in [2.05, 4.69) is 29.1 Å². The SMILES string of the molecule is CC1(C)CCCC(NC(=O)c2cnc(Cl)cn2)C1. The summed E-state index contributed by atoms with van der Waals surface area (Å²) in [5.74, 6) is -0.165. The standard InChI is InChI=1S/C13H18ClN3O/c1-13(2)5-3-4-9(6-13)17-12(18)10-7-16-11(14)8-15-10/h7-9H,3-6H2,1-2H3,(H,17,18). The minimum absolute atomic E-state index is 0.165. The minimum atomic E-state index is -0.165. The second-order valence-corrected chi connectivity index (χ2v) is 6.04. The average molecular weight is 268 g/mol. The number of halogens is 1. The summed E-state index contributed by atoms with van der Waals surface area (Å²) in [7, 11) is 0. The number of aromatic nitrogens is 2. The molecule has 1 aromatic heterocycles. The predicted molar refractivity (Wildman–Crippen MR) is 70.5 cm³/mol. The summed E-state index contributed by atoms with van der Waals surface area (Å²) in [5.41, 5.74) is 0.629. The van der Waals surface area contributed by atoms with Crippen LogP contribution < -0.4 is 5.32 Å². The summed E-state index contributed by atoms with van der Waals surface area (Å²) in [6.45, 7) is 4.49. The molecule has 98 valence electrons. The second-order valence-electron chi connectivity index (χ2n) is 5.66. The lowest BCUT2D eigenvalue weighted by atomic mass is 9.75. The topological polar surface area (TPSA) is 54.9 Å². The highest BCUT2D eigenvalue weighted by molar-refractivity contribution is 6.29. The van der Waals surface area contributed by atoms with E-state index in [4.69, 9.17) is 11.6 Å². The fourth-order valence-electron chi connectivity index (χ4n) is 2.51. The molecule has 0 saturated heterocycles. The third kappa shape index (κ3) is 3.42. The van der Waals surface area contributed by atoms with Crippen molar-refractivity contribution in [2.45, 2.75) is 45.6 Å². The summed E-state index contributed by atoms with van der Waals surface area (Å²) >= 11 is 5.64. The first-order chi connectivity index (χ1) is 8.46. The third-order valence-electron chi connectivity index (χ3n) is 3.39. The molecule has 2 rings (SSSR count). The van der Waals surface area contributed by atoms with Crippen molar-refractivity contribution in [2.24, 2.45) is 5.41 Å². The molecule has 5 heteroatoms. The van der Waals surface area contributed by atoms with Gasteiger partial charge in [-0.1, -0.05) is 31.9 Å². The normalized spacial score (nSPS) is 22.5. The van der Waals surface area contributed by atoms with Crippen molar-refractivity contribution in [1.82, 2.24) is 15.3 Å². The number of nitrogens with one attached hydrogen (secondary N) is 1. The quantitative estimate of drug-likeness (QED) is 0.896. The van der Waals surface area contributed by atoms with Gasteiger partial charge in [-0.15, -0.1) is 0 Å². The van der Waals surface area contributed by atoms with Crippen LogP contribution in [0.25, 0.3) is 0 Å². The van der Waals surface area contributed by atoms with Crippen LogP contribution in [0.3, 0.4) is 0 Å². The summed E-state index contributed by atoms with van der Waals surface area (Å²) in [5, 5.41) is 3.32. The zero-order chi connectivity index (χ0) is 13.2. The molecule has 1 aromatic rings. The van der Waals surface area contributed by atoms with E-state index >= 15 is 0 Å². The van der Waals surface area contributed by atoms with Crippen LogP contribution in [0.2, 0.25) is 5.15 Å². The number of rotatable bonds is 2. The average Bonchev–Trinajstić information content (AvgIpc) is 2.28. The molecule has 4 nitrogen and oxygen atoms in total. The Morgan fingerprint density at radius 2 is 2.22 bits per heavy atom. The van der Waals surface area contributed by atoms with Gasteiger partial charge >= 0.3 is 0 Å². The molecule has 0 aliphatic heterocycles. The molecule has 1 heterocycles. The Morgan fingerprint density at radius 3 is 2.83 bits per heavy atom. The molecule has 0 radical (unpaired) electrons. The molecule has 1 saturated carbocycles. The molecule has 1 aliphatic carbocycles. The van der Waals surface area contributed by atoms with Crippen LogP contribution in [0, 0.1) is 5.41 Å². The summed E-state index contributed by atoms with van der Waals surface area (Å²) in [4.78, 5) is 19.8. The zero-order valence-corrected chi connectivity index (χ0v) is 11.5. The zero-order valence-electron chi connectivity index (χ0n) is 10.7. The summed E-state index contributed by atoms with van der Waals surface area (Å²) < 4.78 is 0. The van der Waals surface area contributed by atoms with Crippen LogP contribution in [-0.2, 0) is 0 Å². The molecular formula is C13H18ClN3O. The van der Waals surface area contributed by atoms with Crippen LogP contribution in [0.15, 0.2) is 12.4 Å². The molecule has 1 unspecified atom stereocenters. The Bertz CT molecular complexity index is 430. The van der Waals surface area contributed by atoms with E-state index in [1.165, 1.54) is 18.8 Å². The van der Waals surface area contributed by atoms with E-state index in [1.54, 1.807) is 0 Å². The van der Waals surface area contributed by atoms with Gasteiger partial charge in [-0.25, -0.2) is 9.97 Å². The number of carbonyl (C=O) groups is 1. The van der Waals surface area contributed by atoms with Crippen molar-refractivity contribution in [1.29, 1.82) is 0 Å². The van der Waals surface area contributed by atoms with Crippen LogP contribution in [0.1, 0.15) is 50.0 Å². The summed E-state index contributed by atoms with van der Waals surface area (Å²) in [6.07, 6.45) is 7.23. The second kappa shape index (κ2) is 5.22. The van der Waals surface area contributed by atoms with Crippen LogP contribution in [0.4, 0.5) is 0 Å². The molecule has 1 atom stereocenters. The molecule has 0 aromatic carbocycles. The molecule has 0 bridgehead atoms. The minimum Gasteiger partial charge on any atom is -0.348 e. The van der Waals surface area contributed by atoms with Gasteiger partial charge in [-0.2, -0.15) is 0 Å². The first-order valence-corrected chi connectivity index (χ1v) is 6.62. The molecule has 1 fully saturated rings. The lowest BCUT2D eigenvalue weighted by Gasteiger charge is -2.35. The van der Waals surface area contributed by atoms with Crippen LogP contribution in [0.5, 0.6) is 0 Å². The van der Waals surface area contributed by atoms with Crippen LogP contribution >= 0.6 is 11.6 Å². The Morgan fingerprint density at radius 1 is 1.44 bits per heavy atom.